The summed E-state index contributed by atoms with van der Waals surface area (Å²) in [5.41, 5.74) is 8.93. The molecule has 15 heteroatoms. The van der Waals surface area contributed by atoms with Crippen molar-refractivity contribution in [3.63, 3.8) is 0 Å². The number of benzene rings is 3. The van der Waals surface area contributed by atoms with Gasteiger partial charge in [0.05, 0.1) is 45.2 Å². The summed E-state index contributed by atoms with van der Waals surface area (Å²) in [5.74, 6) is -0.678. The molecule has 2 heterocycles. The van der Waals surface area contributed by atoms with Crippen LogP contribution in [0.2, 0.25) is 0 Å². The van der Waals surface area contributed by atoms with E-state index in [0.717, 1.165) is 0 Å². The third-order valence-electron chi connectivity index (χ3n) is 7.58. The van der Waals surface area contributed by atoms with E-state index in [9.17, 15) is 24.6 Å². The van der Waals surface area contributed by atoms with Gasteiger partial charge in [0, 0.05) is 65.4 Å². The SMILES string of the molecule is [N-]=[N+]=NCCOCCOCCOCCNC(=O)CCCC(=O)Nc1ccc2c(c1)C(=O)OC21c2ccc(O)cc2Oc2cc(O)ccc21. The number of amides is 2. The van der Waals surface area contributed by atoms with Gasteiger partial charge < -0.3 is 44.5 Å². The highest BCUT2D eigenvalue weighted by atomic mass is 16.6. The molecule has 0 radical (unpaired) electrons. The van der Waals surface area contributed by atoms with Crippen molar-refractivity contribution in [2.24, 2.45) is 5.11 Å². The minimum Gasteiger partial charge on any atom is -0.508 e. The van der Waals surface area contributed by atoms with Crippen molar-refractivity contribution < 1.29 is 48.3 Å². The molecule has 0 bridgehead atoms. The molecule has 3 aromatic carbocycles. The number of esters is 1. The van der Waals surface area contributed by atoms with E-state index < -0.39 is 11.6 Å². The molecular formula is C33H35N5O10. The van der Waals surface area contributed by atoms with E-state index in [-0.39, 0.29) is 59.8 Å². The third kappa shape index (κ3) is 7.96. The van der Waals surface area contributed by atoms with Gasteiger partial charge in [0.2, 0.25) is 11.8 Å². The maximum Gasteiger partial charge on any atom is 0.340 e. The number of rotatable bonds is 17. The molecule has 2 amide bonds. The monoisotopic (exact) mass is 661 g/mol. The van der Waals surface area contributed by atoms with E-state index in [1.54, 1.807) is 30.3 Å². The molecule has 2 aliphatic heterocycles. The molecule has 0 fully saturated rings. The van der Waals surface area contributed by atoms with Gasteiger partial charge in [-0.25, -0.2) is 4.79 Å². The van der Waals surface area contributed by atoms with Crippen LogP contribution in [0.5, 0.6) is 23.0 Å². The molecule has 2 aliphatic rings. The van der Waals surface area contributed by atoms with Crippen LogP contribution in [0, 0.1) is 0 Å². The Hall–Kier alpha value is -5.34. The predicted octanol–water partition coefficient (Wildman–Crippen LogP) is 4.25. The van der Waals surface area contributed by atoms with Gasteiger partial charge in [-0.2, -0.15) is 0 Å². The van der Waals surface area contributed by atoms with Gasteiger partial charge >= 0.3 is 5.97 Å². The summed E-state index contributed by atoms with van der Waals surface area (Å²) >= 11 is 0. The van der Waals surface area contributed by atoms with Crippen LogP contribution in [0.25, 0.3) is 10.4 Å². The molecule has 0 saturated carbocycles. The Morgan fingerprint density at radius 3 is 2.08 bits per heavy atom. The Morgan fingerprint density at radius 1 is 0.812 bits per heavy atom. The maximum absolute atomic E-state index is 13.3. The van der Waals surface area contributed by atoms with Gasteiger partial charge in [-0.05, 0) is 48.4 Å². The number of carbonyl (C=O) groups excluding carboxylic acids is 3. The lowest BCUT2D eigenvalue weighted by molar-refractivity contribution is -0.121. The molecule has 5 rings (SSSR count). The van der Waals surface area contributed by atoms with Gasteiger partial charge in [-0.3, -0.25) is 9.59 Å². The predicted molar refractivity (Wildman–Crippen MR) is 170 cm³/mol. The highest BCUT2D eigenvalue weighted by molar-refractivity contribution is 5.99. The van der Waals surface area contributed by atoms with Crippen molar-refractivity contribution in [2.45, 2.75) is 24.9 Å². The molecule has 15 nitrogen and oxygen atoms in total. The van der Waals surface area contributed by atoms with Crippen LogP contribution in [0.1, 0.15) is 46.3 Å². The quantitative estimate of drug-likeness (QED) is 0.0531. The topological polar surface area (TPSA) is 211 Å². The number of aromatic hydroxyl groups is 2. The molecule has 252 valence electrons. The lowest BCUT2D eigenvalue weighted by atomic mass is 9.77. The zero-order valence-corrected chi connectivity index (χ0v) is 26.0. The fourth-order valence-corrected chi connectivity index (χ4v) is 5.46. The molecule has 0 atom stereocenters. The second-order valence-corrected chi connectivity index (χ2v) is 10.8. The highest BCUT2D eigenvalue weighted by Crippen LogP contribution is 2.57. The summed E-state index contributed by atoms with van der Waals surface area (Å²) < 4.78 is 28.0. The van der Waals surface area contributed by atoms with Crippen molar-refractivity contribution in [2.75, 3.05) is 58.0 Å². The number of nitrogens with one attached hydrogen (secondary N) is 2. The van der Waals surface area contributed by atoms with Crippen LogP contribution < -0.4 is 15.4 Å². The Kier molecular flexibility index (Phi) is 11.3. The van der Waals surface area contributed by atoms with Gasteiger partial charge in [0.15, 0.2) is 5.60 Å². The zero-order chi connectivity index (χ0) is 33.9. The third-order valence-corrected chi connectivity index (χ3v) is 7.58. The van der Waals surface area contributed by atoms with Crippen molar-refractivity contribution in [1.82, 2.24) is 5.32 Å². The molecule has 3 aromatic rings. The molecule has 0 unspecified atom stereocenters. The van der Waals surface area contributed by atoms with E-state index in [4.69, 9.17) is 29.2 Å². The first-order valence-electron chi connectivity index (χ1n) is 15.3. The number of fused-ring (bicyclic) bond motifs is 6. The van der Waals surface area contributed by atoms with Crippen LogP contribution in [-0.4, -0.2) is 80.7 Å². The van der Waals surface area contributed by atoms with Crippen LogP contribution in [0.3, 0.4) is 0 Å². The number of azide groups is 1. The number of anilines is 1. The van der Waals surface area contributed by atoms with Gasteiger partial charge in [0.25, 0.3) is 0 Å². The summed E-state index contributed by atoms with van der Waals surface area (Å²) in [6, 6.07) is 13.9. The average Bonchev–Trinajstić information content (AvgIpc) is 3.34. The van der Waals surface area contributed by atoms with Crippen molar-refractivity contribution in [1.29, 1.82) is 0 Å². The number of nitrogens with zero attached hydrogens (tertiary/aromatic N) is 3. The largest absolute Gasteiger partial charge is 0.508 e. The fraction of sp³-hybridized carbons (Fsp3) is 0.364. The van der Waals surface area contributed by atoms with E-state index in [0.29, 0.717) is 75.0 Å². The summed E-state index contributed by atoms with van der Waals surface area (Å²) in [7, 11) is 0. The van der Waals surface area contributed by atoms with Crippen LogP contribution >= 0.6 is 0 Å². The Bertz CT molecular complexity index is 1660. The minimum absolute atomic E-state index is 0.0421. The summed E-state index contributed by atoms with van der Waals surface area (Å²) in [4.78, 5) is 40.7. The van der Waals surface area contributed by atoms with Crippen LogP contribution in [0.15, 0.2) is 59.7 Å². The zero-order valence-electron chi connectivity index (χ0n) is 26.0. The molecule has 0 aromatic heterocycles. The summed E-state index contributed by atoms with van der Waals surface area (Å²) in [6.07, 6.45) is 0.564. The van der Waals surface area contributed by atoms with Gasteiger partial charge in [-0.15, -0.1) is 0 Å². The lowest BCUT2D eigenvalue weighted by Crippen LogP contribution is -2.32. The molecule has 48 heavy (non-hydrogen) atoms. The first-order valence-corrected chi connectivity index (χ1v) is 15.3. The standard InChI is InChI=1S/C33H35N5O10/c34-38-36-11-13-45-15-17-46-16-14-44-12-10-35-30(41)2-1-3-31(42)37-21-4-7-25-24(18-21)32(43)48-33(25)26-8-5-22(39)19-28(26)47-29-20-23(40)6-9-27(29)33/h4-9,18-20,39-40H,1-3,10-17H2,(H,35,41)(H,37,42). The average molecular weight is 662 g/mol. The molecule has 0 aliphatic carbocycles. The molecule has 4 N–H and O–H groups in total. The molecular weight excluding hydrogens is 626 g/mol. The van der Waals surface area contributed by atoms with E-state index in [1.807, 2.05) is 0 Å². The molecule has 0 saturated heterocycles. The number of carbonyl (C=O) groups is 3. The van der Waals surface area contributed by atoms with Gasteiger partial charge in [-0.1, -0.05) is 11.2 Å². The smallest absolute Gasteiger partial charge is 0.340 e. The normalized spacial score (nSPS) is 13.4. The number of hydrogen-bond donors (Lipinski definition) is 4. The second kappa shape index (κ2) is 16.0. The summed E-state index contributed by atoms with van der Waals surface area (Å²) in [6.45, 7) is 2.78. The minimum atomic E-state index is -1.39. The first-order chi connectivity index (χ1) is 23.3. The Morgan fingerprint density at radius 2 is 1.42 bits per heavy atom. The highest BCUT2D eigenvalue weighted by Gasteiger charge is 2.53. The number of phenols is 2. The van der Waals surface area contributed by atoms with Crippen molar-refractivity contribution >= 4 is 23.5 Å². The fourth-order valence-electron chi connectivity index (χ4n) is 5.46. The molecule has 1 spiro atoms. The Balaban J connectivity index is 1.06. The second-order valence-electron chi connectivity index (χ2n) is 10.8. The van der Waals surface area contributed by atoms with Crippen LogP contribution in [-0.2, 0) is 34.1 Å². The first kappa shape index (κ1) is 34.0. The Labute approximate surface area is 275 Å². The van der Waals surface area contributed by atoms with E-state index in [1.165, 1.54) is 24.3 Å². The summed E-state index contributed by atoms with van der Waals surface area (Å²) in [5, 5.41) is 29.0. The van der Waals surface area contributed by atoms with Crippen LogP contribution in [0.4, 0.5) is 5.69 Å². The lowest BCUT2D eigenvalue weighted by Gasteiger charge is -2.36. The van der Waals surface area contributed by atoms with Gasteiger partial charge in [0.1, 0.15) is 23.0 Å². The van der Waals surface area contributed by atoms with E-state index >= 15 is 0 Å². The van der Waals surface area contributed by atoms with Crippen molar-refractivity contribution in [3.8, 4) is 23.0 Å². The number of ether oxygens (including phenoxy) is 5. The number of hydrogen-bond acceptors (Lipinski definition) is 11. The van der Waals surface area contributed by atoms with Crippen molar-refractivity contribution in [3.05, 3.63) is 87.3 Å². The van der Waals surface area contributed by atoms with E-state index in [2.05, 4.69) is 20.7 Å². The number of phenolic OH excluding ortho intramolecular Hbond substituents is 2. The maximum atomic E-state index is 13.3.